The molecule has 2 saturated heterocycles. The molecule has 4 fully saturated rings. The Hall–Kier alpha value is -6.32. The summed E-state index contributed by atoms with van der Waals surface area (Å²) in [6.45, 7) is 8.09. The van der Waals surface area contributed by atoms with Crippen molar-refractivity contribution >= 4 is 35.0 Å². The molecule has 4 heterocycles. The normalized spacial score (nSPS) is 22.9. The summed E-state index contributed by atoms with van der Waals surface area (Å²) in [5.41, 5.74) is 4.68. The Balaban J connectivity index is 0.896. The largest absolute Gasteiger partial charge is 0.453 e. The van der Waals surface area contributed by atoms with Gasteiger partial charge in [-0.3, -0.25) is 9.59 Å². The number of aromatic amines is 2. The van der Waals surface area contributed by atoms with Crippen molar-refractivity contribution in [2.75, 3.05) is 20.8 Å². The van der Waals surface area contributed by atoms with Gasteiger partial charge in [0.15, 0.2) is 0 Å². The van der Waals surface area contributed by atoms with E-state index in [0.717, 1.165) is 49.6 Å². The van der Waals surface area contributed by atoms with E-state index in [1.165, 1.54) is 20.3 Å². The van der Waals surface area contributed by atoms with Gasteiger partial charge in [-0.15, -0.1) is 0 Å². The van der Waals surface area contributed by atoms with Crippen LogP contribution in [0.1, 0.15) is 101 Å². The number of halogens is 2. The topological polar surface area (TPSA) is 175 Å². The van der Waals surface area contributed by atoms with Gasteiger partial charge >= 0.3 is 12.2 Å². The molecule has 340 valence electrons. The zero-order valence-electron chi connectivity index (χ0n) is 37.3. The number of amides is 4. The number of imidazole rings is 2. The molecule has 6 atom stereocenters. The minimum absolute atomic E-state index is 0.0102. The van der Waals surface area contributed by atoms with Crippen molar-refractivity contribution in [3.8, 4) is 33.5 Å². The number of methoxy groups -OCH3 is 2. The van der Waals surface area contributed by atoms with Crippen molar-refractivity contribution in [1.29, 1.82) is 0 Å². The Kier molecular flexibility index (Phi) is 10.3. The number of rotatable bonds is 10. The van der Waals surface area contributed by atoms with Crippen LogP contribution in [-0.4, -0.2) is 92.6 Å². The van der Waals surface area contributed by atoms with Crippen LogP contribution in [0.4, 0.5) is 18.4 Å². The highest BCUT2D eigenvalue weighted by Gasteiger charge is 2.56. The molecule has 4 amide bonds. The van der Waals surface area contributed by atoms with Gasteiger partial charge in [0.25, 0.3) is 5.92 Å². The zero-order chi connectivity index (χ0) is 45.7. The third kappa shape index (κ3) is 7.19. The Morgan fingerprint density at radius 1 is 0.785 bits per heavy atom. The number of ether oxygens (including phenoxy) is 2. The number of alkyl carbamates (subject to hydrolysis) is 2. The van der Waals surface area contributed by atoms with Crippen LogP contribution in [0.5, 0.6) is 0 Å². The first-order valence-corrected chi connectivity index (χ1v) is 22.6. The lowest BCUT2D eigenvalue weighted by Crippen LogP contribution is -2.54. The van der Waals surface area contributed by atoms with E-state index >= 15 is 8.78 Å². The van der Waals surface area contributed by atoms with Gasteiger partial charge in [0.2, 0.25) is 11.8 Å². The summed E-state index contributed by atoms with van der Waals surface area (Å²) in [4.78, 5) is 72.6. The Bertz CT molecular complexity index is 2740. The number of carbonyl (C=O) groups is 4. The second-order valence-corrected chi connectivity index (χ2v) is 19.4. The molecule has 2 saturated carbocycles. The lowest BCUT2D eigenvalue weighted by Gasteiger charge is -2.37. The molecule has 3 aliphatic carbocycles. The second kappa shape index (κ2) is 15.7. The maximum Gasteiger partial charge on any atom is 0.407 e. The number of fused-ring (bicyclic) bond motifs is 6. The number of hydrogen-bond acceptors (Lipinski definition) is 8. The molecule has 16 heteroatoms. The third-order valence-electron chi connectivity index (χ3n) is 14.7. The molecule has 2 aromatic heterocycles. The number of nitrogens with one attached hydrogen (secondary N) is 4. The first kappa shape index (κ1) is 42.6. The van der Waals surface area contributed by atoms with Crippen LogP contribution < -0.4 is 10.6 Å². The molecule has 5 aliphatic rings. The van der Waals surface area contributed by atoms with Crippen molar-refractivity contribution in [3.05, 3.63) is 83.6 Å². The number of carbonyl (C=O) groups excluding carboxylic acids is 4. The molecular weight excluding hydrogens is 835 g/mol. The predicted molar refractivity (Wildman–Crippen MR) is 237 cm³/mol. The minimum Gasteiger partial charge on any atom is -0.453 e. The molecule has 10 rings (SSSR count). The summed E-state index contributed by atoms with van der Waals surface area (Å²) in [5.74, 6) is -2.53. The van der Waals surface area contributed by atoms with Crippen LogP contribution in [0.2, 0.25) is 0 Å². The number of alkyl halides is 2. The molecule has 14 nitrogen and oxygen atoms in total. The monoisotopic (exact) mass is 888 g/mol. The number of hydrogen-bond donors (Lipinski definition) is 4. The average Bonchev–Trinajstić information content (AvgIpc) is 3.95. The molecule has 0 radical (unpaired) electrons. The predicted octanol–water partition coefficient (Wildman–Crippen LogP) is 8.61. The molecule has 2 bridgehead atoms. The van der Waals surface area contributed by atoms with Crippen molar-refractivity contribution in [1.82, 2.24) is 40.4 Å². The van der Waals surface area contributed by atoms with E-state index in [1.54, 1.807) is 29.3 Å². The molecule has 2 aliphatic heterocycles. The molecule has 65 heavy (non-hydrogen) atoms. The quantitative estimate of drug-likeness (QED) is 0.108. The van der Waals surface area contributed by atoms with Gasteiger partial charge < -0.3 is 39.9 Å². The van der Waals surface area contributed by atoms with Gasteiger partial charge in [0.05, 0.1) is 49.2 Å². The summed E-state index contributed by atoms with van der Waals surface area (Å²) in [5, 5.41) is 5.43. The fraction of sp³-hybridized carbons (Fsp3) is 0.469. The number of nitrogens with zero attached hydrogens (tertiary/aromatic N) is 4. The zero-order valence-corrected chi connectivity index (χ0v) is 37.3. The lowest BCUT2D eigenvalue weighted by atomic mass is 9.95. The van der Waals surface area contributed by atoms with Crippen molar-refractivity contribution in [3.63, 3.8) is 0 Å². The van der Waals surface area contributed by atoms with E-state index in [1.807, 2.05) is 62.9 Å². The average molecular weight is 889 g/mol. The van der Waals surface area contributed by atoms with E-state index in [9.17, 15) is 19.2 Å². The highest BCUT2D eigenvalue weighted by Crippen LogP contribution is 2.59. The van der Waals surface area contributed by atoms with Gasteiger partial charge in [-0.05, 0) is 108 Å². The Morgan fingerprint density at radius 2 is 1.40 bits per heavy atom. The van der Waals surface area contributed by atoms with E-state index in [0.29, 0.717) is 51.7 Å². The maximum absolute atomic E-state index is 16.7. The van der Waals surface area contributed by atoms with Crippen LogP contribution in [0, 0.1) is 23.2 Å². The lowest BCUT2D eigenvalue weighted by molar-refractivity contribution is -0.139. The summed E-state index contributed by atoms with van der Waals surface area (Å²) in [6.07, 6.45) is 5.75. The SMILES string of the molecule is COC(=O)NC(C(=O)N1CC2(CC2)CC1c1ncc(-c2ccc3c(c2)C(F)(F)c2cc(-c4ccc5nc(C6[C@H]7CCC(C7)N6C(=O)C(NC(=O)OC)C(C)C)[nH]c5c4)ccc2-3)[nH]1)C(C)C. The highest BCUT2D eigenvalue weighted by molar-refractivity contribution is 5.89. The smallest absolute Gasteiger partial charge is 0.407 e. The van der Waals surface area contributed by atoms with Gasteiger partial charge in [-0.25, -0.2) is 19.6 Å². The fourth-order valence-corrected chi connectivity index (χ4v) is 11.0. The third-order valence-corrected chi connectivity index (χ3v) is 14.7. The maximum atomic E-state index is 16.7. The number of piperidine rings is 1. The van der Waals surface area contributed by atoms with Crippen LogP contribution in [0.15, 0.2) is 60.8 Å². The van der Waals surface area contributed by atoms with Crippen LogP contribution in [0.25, 0.3) is 44.5 Å². The molecule has 4 N–H and O–H groups in total. The van der Waals surface area contributed by atoms with Gasteiger partial charge in [-0.2, -0.15) is 8.78 Å². The molecule has 5 aromatic rings. The van der Waals surface area contributed by atoms with Crippen molar-refractivity contribution in [2.45, 2.75) is 102 Å². The van der Waals surface area contributed by atoms with Crippen molar-refractivity contribution < 1.29 is 37.4 Å². The number of H-pyrrole nitrogens is 2. The molecule has 3 aromatic carbocycles. The molecular formula is C49H54F2N8O6. The van der Waals surface area contributed by atoms with E-state index in [4.69, 9.17) is 19.4 Å². The van der Waals surface area contributed by atoms with Gasteiger partial charge in [0.1, 0.15) is 23.7 Å². The Labute approximate surface area is 375 Å². The summed E-state index contributed by atoms with van der Waals surface area (Å²) in [6, 6.07) is 13.8. The van der Waals surface area contributed by atoms with E-state index in [2.05, 4.69) is 20.6 Å². The van der Waals surface area contributed by atoms with Crippen LogP contribution >= 0.6 is 0 Å². The molecule has 5 unspecified atom stereocenters. The van der Waals surface area contributed by atoms with Gasteiger partial charge in [0, 0.05) is 29.3 Å². The van der Waals surface area contributed by atoms with E-state index < -0.39 is 30.2 Å². The highest BCUT2D eigenvalue weighted by atomic mass is 19.3. The van der Waals surface area contributed by atoms with Crippen LogP contribution in [-0.2, 0) is 25.0 Å². The number of likely N-dealkylation sites (tertiary alicyclic amines) is 2. The summed E-state index contributed by atoms with van der Waals surface area (Å²) < 4.78 is 43.0. The fourth-order valence-electron chi connectivity index (χ4n) is 11.0. The number of aromatic nitrogens is 4. The first-order valence-electron chi connectivity index (χ1n) is 22.6. The first-order chi connectivity index (χ1) is 31.1. The van der Waals surface area contributed by atoms with Crippen LogP contribution in [0.3, 0.4) is 0 Å². The molecule has 1 spiro atoms. The van der Waals surface area contributed by atoms with Crippen molar-refractivity contribution in [2.24, 2.45) is 23.2 Å². The van der Waals surface area contributed by atoms with Gasteiger partial charge in [-0.1, -0.05) is 58.0 Å². The summed E-state index contributed by atoms with van der Waals surface area (Å²) >= 11 is 0. The van der Waals surface area contributed by atoms with E-state index in [-0.39, 0.29) is 64.2 Å². The minimum atomic E-state index is -3.29. The summed E-state index contributed by atoms with van der Waals surface area (Å²) in [7, 11) is 2.54. The standard InChI is InChI=1S/C49H54F2N8O6/c1-24(2)39(56-46(62)64-5)44(60)58-23-48(15-16-48)21-38(58)42-52-22-37(55-42)28-9-13-32-31-12-8-26(18-33(31)49(50,51)34(32)19-28)27-10-14-35-36(20-27)54-43(53-35)41-29-7-11-30(17-29)59(41)45(61)40(25(3)4)57-47(63)65-6/h8-10,12-14,18-20,22,24-25,29-30,38-41H,7,11,15-17,21,23H2,1-6H3,(H,52,55)(H,53,54)(H,56,62)(H,57,63)/t29-,30?,38?,39?,40?,41?/m0/s1. The Morgan fingerprint density at radius 3 is 2.05 bits per heavy atom. The number of benzene rings is 3. The second-order valence-electron chi connectivity index (χ2n) is 19.4.